The molecule has 0 aliphatic carbocycles. The van der Waals surface area contributed by atoms with Crippen molar-refractivity contribution in [1.29, 1.82) is 0 Å². The Morgan fingerprint density at radius 2 is 1.90 bits per heavy atom. The van der Waals surface area contributed by atoms with Gasteiger partial charge in [-0.15, -0.1) is 0 Å². The smallest absolute Gasteiger partial charge is 0.223 e. The number of pyridine rings is 1. The van der Waals surface area contributed by atoms with Crippen LogP contribution in [-0.2, 0) is 11.2 Å². The molecule has 0 unspecified atom stereocenters. The molecule has 1 fully saturated rings. The molecule has 0 N–H and O–H groups in total. The van der Waals surface area contributed by atoms with Crippen molar-refractivity contribution >= 4 is 32.7 Å². The van der Waals surface area contributed by atoms with Gasteiger partial charge >= 0.3 is 0 Å². The normalized spacial score (nSPS) is 14.4. The Morgan fingerprint density at radius 1 is 1.10 bits per heavy atom. The molecule has 31 heavy (non-hydrogen) atoms. The maximum atomic E-state index is 13.1. The molecule has 0 spiro atoms. The number of nitrogens with zero attached hydrogens (tertiary/aromatic N) is 5. The lowest BCUT2D eigenvalue weighted by Gasteiger charge is -2.34. The number of piperazine rings is 1. The minimum atomic E-state index is -0.297. The maximum absolute atomic E-state index is 13.1. The SMILES string of the molecule is O=C(CCc1ncc(-c2ccc(F)cc2)o1)N1CCN(c2nc3cccnc3s2)CC1. The largest absolute Gasteiger partial charge is 0.441 e. The number of carbonyl (C=O) groups excluding carboxylic acids is 1. The summed E-state index contributed by atoms with van der Waals surface area (Å²) in [5, 5.41) is 0.953. The van der Waals surface area contributed by atoms with Crippen molar-refractivity contribution in [3.8, 4) is 11.3 Å². The van der Waals surface area contributed by atoms with E-state index in [1.807, 2.05) is 17.0 Å². The number of hydrogen-bond acceptors (Lipinski definition) is 7. The molecule has 3 aromatic heterocycles. The number of fused-ring (bicyclic) bond motifs is 1. The van der Waals surface area contributed by atoms with E-state index in [2.05, 4.69) is 19.9 Å². The fraction of sp³-hybridized carbons (Fsp3) is 0.273. The maximum Gasteiger partial charge on any atom is 0.223 e. The van der Waals surface area contributed by atoms with Crippen LogP contribution < -0.4 is 4.90 Å². The third-order valence-electron chi connectivity index (χ3n) is 5.29. The molecule has 1 saturated heterocycles. The fourth-order valence-electron chi connectivity index (χ4n) is 3.59. The van der Waals surface area contributed by atoms with Gasteiger partial charge < -0.3 is 14.2 Å². The molecule has 158 valence electrons. The Hall–Kier alpha value is -3.33. The molecule has 1 amide bonds. The van der Waals surface area contributed by atoms with Crippen molar-refractivity contribution in [3.63, 3.8) is 0 Å². The number of oxazole rings is 1. The van der Waals surface area contributed by atoms with E-state index in [4.69, 9.17) is 4.42 Å². The Labute approximate surface area is 182 Å². The monoisotopic (exact) mass is 437 g/mol. The lowest BCUT2D eigenvalue weighted by molar-refractivity contribution is -0.131. The van der Waals surface area contributed by atoms with Crippen LogP contribution in [0.1, 0.15) is 12.3 Å². The number of rotatable bonds is 5. The highest BCUT2D eigenvalue weighted by atomic mass is 32.1. The first-order valence-electron chi connectivity index (χ1n) is 10.1. The second-order valence-electron chi connectivity index (χ2n) is 7.32. The molecule has 1 aliphatic rings. The molecular formula is C22H20FN5O2S. The first kappa shape index (κ1) is 19.6. The lowest BCUT2D eigenvalue weighted by atomic mass is 10.2. The minimum Gasteiger partial charge on any atom is -0.441 e. The van der Waals surface area contributed by atoms with E-state index in [1.54, 1.807) is 35.9 Å². The summed E-state index contributed by atoms with van der Waals surface area (Å²) < 4.78 is 18.8. The van der Waals surface area contributed by atoms with E-state index in [9.17, 15) is 9.18 Å². The van der Waals surface area contributed by atoms with Crippen molar-refractivity contribution in [2.45, 2.75) is 12.8 Å². The van der Waals surface area contributed by atoms with E-state index in [0.717, 1.165) is 34.1 Å². The van der Waals surface area contributed by atoms with Gasteiger partial charge in [0.1, 0.15) is 16.2 Å². The van der Waals surface area contributed by atoms with Crippen LogP contribution in [0.15, 0.2) is 53.2 Å². The van der Waals surface area contributed by atoms with Gasteiger partial charge in [-0.1, -0.05) is 11.3 Å². The van der Waals surface area contributed by atoms with Gasteiger partial charge in [0.25, 0.3) is 0 Å². The van der Waals surface area contributed by atoms with Crippen LogP contribution in [0.4, 0.5) is 9.52 Å². The van der Waals surface area contributed by atoms with Gasteiger partial charge in [-0.3, -0.25) is 4.79 Å². The number of anilines is 1. The third kappa shape index (κ3) is 4.27. The summed E-state index contributed by atoms with van der Waals surface area (Å²) in [6.45, 7) is 2.82. The minimum absolute atomic E-state index is 0.0900. The molecule has 1 aromatic carbocycles. The molecular weight excluding hydrogens is 417 g/mol. The van der Waals surface area contributed by atoms with Gasteiger partial charge in [0.05, 0.1) is 6.20 Å². The summed E-state index contributed by atoms with van der Waals surface area (Å²) in [4.78, 5) is 30.9. The third-order valence-corrected chi connectivity index (χ3v) is 6.33. The highest BCUT2D eigenvalue weighted by Gasteiger charge is 2.23. The average molecular weight is 438 g/mol. The van der Waals surface area contributed by atoms with Crippen molar-refractivity contribution in [3.05, 3.63) is 60.5 Å². The van der Waals surface area contributed by atoms with Crippen LogP contribution in [0.25, 0.3) is 21.7 Å². The van der Waals surface area contributed by atoms with Crippen LogP contribution in [0, 0.1) is 5.82 Å². The molecule has 0 bridgehead atoms. The molecule has 1 aliphatic heterocycles. The summed E-state index contributed by atoms with van der Waals surface area (Å²) in [7, 11) is 0. The number of amides is 1. The van der Waals surface area contributed by atoms with Gasteiger partial charge in [0.2, 0.25) is 5.91 Å². The van der Waals surface area contributed by atoms with E-state index in [1.165, 1.54) is 12.1 Å². The summed E-state index contributed by atoms with van der Waals surface area (Å²) >= 11 is 1.58. The van der Waals surface area contributed by atoms with Crippen molar-refractivity contribution in [1.82, 2.24) is 19.9 Å². The number of benzene rings is 1. The van der Waals surface area contributed by atoms with Crippen molar-refractivity contribution in [2.75, 3.05) is 31.1 Å². The number of halogens is 1. The van der Waals surface area contributed by atoms with Gasteiger partial charge in [-0.05, 0) is 36.4 Å². The zero-order valence-electron chi connectivity index (χ0n) is 16.7. The second kappa shape index (κ2) is 8.43. The lowest BCUT2D eigenvalue weighted by Crippen LogP contribution is -2.48. The molecule has 9 heteroatoms. The van der Waals surface area contributed by atoms with Gasteiger partial charge in [0.15, 0.2) is 16.8 Å². The highest BCUT2D eigenvalue weighted by Crippen LogP contribution is 2.28. The number of aromatic nitrogens is 3. The predicted octanol–water partition coefficient (Wildman–Crippen LogP) is 3.77. The Bertz CT molecular complexity index is 1170. The summed E-state index contributed by atoms with van der Waals surface area (Å²) in [6, 6.07) is 9.90. The molecule has 4 heterocycles. The van der Waals surface area contributed by atoms with Crippen LogP contribution in [0.3, 0.4) is 0 Å². The topological polar surface area (TPSA) is 75.4 Å². The van der Waals surface area contributed by atoms with Crippen molar-refractivity contribution < 1.29 is 13.6 Å². The van der Waals surface area contributed by atoms with Crippen LogP contribution in [-0.4, -0.2) is 51.9 Å². The first-order chi connectivity index (χ1) is 15.2. The van der Waals surface area contributed by atoms with Crippen LogP contribution in [0.2, 0.25) is 0 Å². The molecule has 5 rings (SSSR count). The fourth-order valence-corrected chi connectivity index (χ4v) is 4.55. The van der Waals surface area contributed by atoms with Crippen LogP contribution in [0.5, 0.6) is 0 Å². The molecule has 4 aromatic rings. The second-order valence-corrected chi connectivity index (χ2v) is 8.27. The Morgan fingerprint density at radius 3 is 2.68 bits per heavy atom. The average Bonchev–Trinajstić information content (AvgIpc) is 3.45. The number of aryl methyl sites for hydroxylation is 1. The highest BCUT2D eigenvalue weighted by molar-refractivity contribution is 7.21. The quantitative estimate of drug-likeness (QED) is 0.473. The summed E-state index contributed by atoms with van der Waals surface area (Å²) in [6.07, 6.45) is 4.16. The zero-order chi connectivity index (χ0) is 21.2. The van der Waals surface area contributed by atoms with Crippen molar-refractivity contribution in [2.24, 2.45) is 0 Å². The summed E-state index contributed by atoms with van der Waals surface area (Å²) in [5.41, 5.74) is 1.67. The molecule has 0 saturated carbocycles. The molecule has 0 radical (unpaired) electrons. The number of carbonyl (C=O) groups is 1. The van der Waals surface area contributed by atoms with Gasteiger partial charge in [-0.2, -0.15) is 0 Å². The van der Waals surface area contributed by atoms with E-state index < -0.39 is 0 Å². The Balaban J connectivity index is 1.14. The molecule has 7 nitrogen and oxygen atoms in total. The number of thiazole rings is 1. The predicted molar refractivity (Wildman–Crippen MR) is 116 cm³/mol. The standard InChI is InChI=1S/C22H20FN5O2S/c23-16-5-3-15(4-6-16)18-14-25-19(30-18)7-8-20(29)27-10-12-28(13-11-27)22-26-17-2-1-9-24-21(17)31-22/h1-6,9,14H,7-8,10-13H2. The van der Waals surface area contributed by atoms with E-state index >= 15 is 0 Å². The Kier molecular flexibility index (Phi) is 5.33. The number of hydrogen-bond donors (Lipinski definition) is 0. The van der Waals surface area contributed by atoms with E-state index in [-0.39, 0.29) is 11.7 Å². The molecule has 0 atom stereocenters. The van der Waals surface area contributed by atoms with Gasteiger partial charge in [0, 0.05) is 50.8 Å². The summed E-state index contributed by atoms with van der Waals surface area (Å²) in [5.74, 6) is 0.871. The van der Waals surface area contributed by atoms with Crippen LogP contribution >= 0.6 is 11.3 Å². The van der Waals surface area contributed by atoms with E-state index in [0.29, 0.717) is 37.6 Å². The van der Waals surface area contributed by atoms with Gasteiger partial charge in [-0.25, -0.2) is 19.3 Å². The zero-order valence-corrected chi connectivity index (χ0v) is 17.5. The first-order valence-corrected chi connectivity index (χ1v) is 10.9.